The van der Waals surface area contributed by atoms with Crippen molar-refractivity contribution in [3.05, 3.63) is 34.9 Å². The van der Waals surface area contributed by atoms with Gasteiger partial charge in [0.05, 0.1) is 12.1 Å². The summed E-state index contributed by atoms with van der Waals surface area (Å²) >= 11 is 0. The molecule has 2 aliphatic rings. The second kappa shape index (κ2) is 6.01. The molecule has 1 aromatic carbocycles. The van der Waals surface area contributed by atoms with Gasteiger partial charge in [-0.15, -0.1) is 0 Å². The fraction of sp³-hybridized carbons (Fsp3) is 0.611. The summed E-state index contributed by atoms with van der Waals surface area (Å²) < 4.78 is 0. The number of hydrogen-bond acceptors (Lipinski definition) is 3. The van der Waals surface area contributed by atoms with Crippen molar-refractivity contribution >= 4 is 5.91 Å². The molecule has 22 heavy (non-hydrogen) atoms. The fourth-order valence-electron chi connectivity index (χ4n) is 3.80. The number of hydrogen-bond donors (Lipinski definition) is 1. The van der Waals surface area contributed by atoms with Crippen LogP contribution < -0.4 is 0 Å². The van der Waals surface area contributed by atoms with Crippen LogP contribution in [-0.4, -0.2) is 60.1 Å². The highest BCUT2D eigenvalue weighted by molar-refractivity contribution is 5.94. The molecule has 0 unspecified atom stereocenters. The van der Waals surface area contributed by atoms with Gasteiger partial charge in [0.25, 0.3) is 5.91 Å². The lowest BCUT2D eigenvalue weighted by molar-refractivity contribution is 0.0236. The number of carbonyl (C=O) groups excluding carboxylic acids is 1. The van der Waals surface area contributed by atoms with Gasteiger partial charge >= 0.3 is 0 Å². The second-order valence-electron chi connectivity index (χ2n) is 7.13. The molecular formula is C18H26N2O2. The quantitative estimate of drug-likeness (QED) is 0.924. The van der Waals surface area contributed by atoms with Crippen LogP contribution in [0, 0.1) is 0 Å². The van der Waals surface area contributed by atoms with Crippen molar-refractivity contribution in [3.63, 3.8) is 0 Å². The first-order chi connectivity index (χ1) is 10.5. The minimum atomic E-state index is -0.770. The number of amides is 1. The Morgan fingerprint density at radius 3 is 2.73 bits per heavy atom. The third-order valence-electron chi connectivity index (χ3n) is 4.83. The fourth-order valence-corrected chi connectivity index (χ4v) is 3.80. The Kier molecular flexibility index (Phi) is 4.24. The van der Waals surface area contributed by atoms with Gasteiger partial charge < -0.3 is 14.9 Å². The van der Waals surface area contributed by atoms with Crippen molar-refractivity contribution in [2.24, 2.45) is 0 Å². The van der Waals surface area contributed by atoms with Gasteiger partial charge in [-0.2, -0.15) is 0 Å². The maximum Gasteiger partial charge on any atom is 0.253 e. The first-order valence-corrected chi connectivity index (χ1v) is 8.25. The number of likely N-dealkylation sites (tertiary alicyclic amines) is 1. The van der Waals surface area contributed by atoms with Gasteiger partial charge in [-0.05, 0) is 69.5 Å². The first-order valence-electron chi connectivity index (χ1n) is 8.25. The van der Waals surface area contributed by atoms with Gasteiger partial charge in [-0.1, -0.05) is 6.07 Å². The number of benzene rings is 1. The lowest BCUT2D eigenvalue weighted by Crippen LogP contribution is -2.43. The monoisotopic (exact) mass is 302 g/mol. The molecule has 1 saturated heterocycles. The number of aliphatic hydroxyl groups is 1. The van der Waals surface area contributed by atoms with Crippen LogP contribution in [0.25, 0.3) is 0 Å². The molecule has 1 aliphatic carbocycles. The maximum absolute atomic E-state index is 12.7. The highest BCUT2D eigenvalue weighted by Gasteiger charge is 2.38. The van der Waals surface area contributed by atoms with E-state index in [-0.39, 0.29) is 5.91 Å². The molecule has 120 valence electrons. The summed E-state index contributed by atoms with van der Waals surface area (Å²) in [6, 6.07) is 6.14. The number of nitrogens with zero attached hydrogens (tertiary/aromatic N) is 2. The summed E-state index contributed by atoms with van der Waals surface area (Å²) in [6.07, 6.45) is 5.35. The number of fused-ring (bicyclic) bond motifs is 1. The van der Waals surface area contributed by atoms with E-state index in [9.17, 15) is 9.90 Å². The Morgan fingerprint density at radius 1 is 1.27 bits per heavy atom. The standard InChI is InChI=1S/C18H26N2O2/c1-19(2)12-18(22)9-10-20(13-18)17(21)16-8-7-14-5-3-4-6-15(14)11-16/h7-8,11,22H,3-6,9-10,12-13H2,1-2H3/t18-/m1/s1. The predicted molar refractivity (Wildman–Crippen MR) is 87.1 cm³/mol. The zero-order valence-corrected chi connectivity index (χ0v) is 13.6. The van der Waals surface area contributed by atoms with Crippen molar-refractivity contribution in [2.75, 3.05) is 33.7 Å². The van der Waals surface area contributed by atoms with Crippen LogP contribution in [-0.2, 0) is 12.8 Å². The molecule has 4 heteroatoms. The number of rotatable bonds is 3. The Hall–Kier alpha value is -1.39. The molecule has 1 N–H and O–H groups in total. The molecule has 1 amide bonds. The smallest absolute Gasteiger partial charge is 0.253 e. The lowest BCUT2D eigenvalue weighted by Gasteiger charge is -2.26. The molecule has 0 spiro atoms. The van der Waals surface area contributed by atoms with Crippen LogP contribution in [0.1, 0.15) is 40.7 Å². The van der Waals surface area contributed by atoms with Gasteiger partial charge in [0, 0.05) is 18.7 Å². The number of β-amino-alcohol motifs (C(OH)–C–C–N with tert-alkyl or cyclic N) is 1. The number of aryl methyl sites for hydroxylation is 2. The minimum absolute atomic E-state index is 0.0584. The lowest BCUT2D eigenvalue weighted by atomic mass is 9.90. The summed E-state index contributed by atoms with van der Waals surface area (Å²) in [7, 11) is 3.90. The van der Waals surface area contributed by atoms with Gasteiger partial charge in [0.2, 0.25) is 0 Å². The van der Waals surface area contributed by atoms with E-state index in [1.807, 2.05) is 25.1 Å². The van der Waals surface area contributed by atoms with Gasteiger partial charge in [0.15, 0.2) is 0 Å². The van der Waals surface area contributed by atoms with Crippen LogP contribution in [0.4, 0.5) is 0 Å². The Labute approximate surface area is 132 Å². The van der Waals surface area contributed by atoms with Crippen LogP contribution >= 0.6 is 0 Å². The number of likely N-dealkylation sites (N-methyl/N-ethyl adjacent to an activating group) is 1. The van der Waals surface area contributed by atoms with E-state index in [0.29, 0.717) is 26.1 Å². The molecule has 0 aromatic heterocycles. The summed E-state index contributed by atoms with van der Waals surface area (Å²) in [5.74, 6) is 0.0584. The van der Waals surface area contributed by atoms with E-state index in [4.69, 9.17) is 0 Å². The van der Waals surface area contributed by atoms with Crippen molar-refractivity contribution in [1.82, 2.24) is 9.80 Å². The largest absolute Gasteiger partial charge is 0.387 e. The third-order valence-corrected chi connectivity index (χ3v) is 4.83. The van der Waals surface area contributed by atoms with E-state index in [0.717, 1.165) is 18.4 Å². The van der Waals surface area contributed by atoms with Gasteiger partial charge in [-0.25, -0.2) is 0 Å². The van der Waals surface area contributed by atoms with E-state index in [1.54, 1.807) is 4.90 Å². The van der Waals surface area contributed by atoms with Crippen LogP contribution in [0.15, 0.2) is 18.2 Å². The zero-order chi connectivity index (χ0) is 15.7. The van der Waals surface area contributed by atoms with Crippen molar-refractivity contribution in [1.29, 1.82) is 0 Å². The van der Waals surface area contributed by atoms with Crippen LogP contribution in [0.2, 0.25) is 0 Å². The molecule has 1 atom stereocenters. The minimum Gasteiger partial charge on any atom is -0.387 e. The van der Waals surface area contributed by atoms with Crippen molar-refractivity contribution in [2.45, 2.75) is 37.7 Å². The molecular weight excluding hydrogens is 276 g/mol. The molecule has 3 rings (SSSR count). The van der Waals surface area contributed by atoms with Gasteiger partial charge in [-0.3, -0.25) is 4.79 Å². The maximum atomic E-state index is 12.7. The SMILES string of the molecule is CN(C)C[C@]1(O)CCN(C(=O)c2ccc3c(c2)CCCC3)C1. The average molecular weight is 302 g/mol. The normalized spacial score (nSPS) is 24.6. The highest BCUT2D eigenvalue weighted by Crippen LogP contribution is 2.26. The molecule has 0 saturated carbocycles. The van der Waals surface area contributed by atoms with Gasteiger partial charge in [0.1, 0.15) is 0 Å². The molecule has 0 radical (unpaired) electrons. The van der Waals surface area contributed by atoms with E-state index < -0.39 is 5.60 Å². The molecule has 1 aliphatic heterocycles. The number of carbonyl (C=O) groups is 1. The second-order valence-corrected chi connectivity index (χ2v) is 7.13. The predicted octanol–water partition coefficient (Wildman–Crippen LogP) is 1.70. The van der Waals surface area contributed by atoms with Crippen molar-refractivity contribution in [3.8, 4) is 0 Å². The van der Waals surface area contributed by atoms with Crippen LogP contribution in [0.5, 0.6) is 0 Å². The van der Waals surface area contributed by atoms with E-state index >= 15 is 0 Å². The molecule has 4 nitrogen and oxygen atoms in total. The van der Waals surface area contributed by atoms with Crippen LogP contribution in [0.3, 0.4) is 0 Å². The van der Waals surface area contributed by atoms with Crippen molar-refractivity contribution < 1.29 is 9.90 Å². The Morgan fingerprint density at radius 2 is 2.00 bits per heavy atom. The van der Waals surface area contributed by atoms with E-state index in [2.05, 4.69) is 12.1 Å². The topological polar surface area (TPSA) is 43.8 Å². The Balaban J connectivity index is 1.72. The molecule has 1 heterocycles. The Bertz CT molecular complexity index is 570. The molecule has 1 fully saturated rings. The summed E-state index contributed by atoms with van der Waals surface area (Å²) in [6.45, 7) is 1.67. The zero-order valence-electron chi connectivity index (χ0n) is 13.6. The summed E-state index contributed by atoms with van der Waals surface area (Å²) in [4.78, 5) is 16.5. The highest BCUT2D eigenvalue weighted by atomic mass is 16.3. The summed E-state index contributed by atoms with van der Waals surface area (Å²) in [5, 5.41) is 10.6. The average Bonchev–Trinajstić information content (AvgIpc) is 2.87. The molecule has 1 aromatic rings. The third kappa shape index (κ3) is 3.18. The summed E-state index contributed by atoms with van der Waals surface area (Å²) in [5.41, 5.74) is 2.73. The van der Waals surface area contributed by atoms with E-state index in [1.165, 1.54) is 24.0 Å². The first kappa shape index (κ1) is 15.5. The molecule has 0 bridgehead atoms.